The molecule has 1 saturated heterocycles. The van der Waals surface area contributed by atoms with Crippen LogP contribution in [0.5, 0.6) is 5.75 Å². The molecule has 1 unspecified atom stereocenters. The zero-order valence-corrected chi connectivity index (χ0v) is 13.1. The first kappa shape index (κ1) is 15.9. The molecule has 2 aromatic rings. The monoisotopic (exact) mass is 317 g/mol. The van der Waals surface area contributed by atoms with E-state index in [1.54, 1.807) is 12.4 Å². The number of nitrogens with zero attached hydrogens (tertiary/aromatic N) is 1. The molecule has 23 heavy (non-hydrogen) atoms. The van der Waals surface area contributed by atoms with Crippen molar-refractivity contribution in [1.82, 2.24) is 4.98 Å². The van der Waals surface area contributed by atoms with Crippen LogP contribution >= 0.6 is 0 Å². The summed E-state index contributed by atoms with van der Waals surface area (Å²) in [7, 11) is 0. The van der Waals surface area contributed by atoms with Crippen LogP contribution in [0, 0.1) is 12.7 Å². The molecule has 0 radical (unpaired) electrons. The van der Waals surface area contributed by atoms with Crippen LogP contribution in [0.4, 0.5) is 4.39 Å². The highest BCUT2D eigenvalue weighted by Crippen LogP contribution is 2.26. The molecule has 0 spiro atoms. The maximum atomic E-state index is 13.9. The molecule has 0 amide bonds. The predicted molar refractivity (Wildman–Crippen MR) is 85.0 cm³/mol. The van der Waals surface area contributed by atoms with Crippen molar-refractivity contribution in [2.45, 2.75) is 19.4 Å². The molecule has 2 heterocycles. The molecule has 122 valence electrons. The molecule has 1 aromatic heterocycles. The molecule has 1 aliphatic heterocycles. The van der Waals surface area contributed by atoms with E-state index in [0.717, 1.165) is 23.1 Å². The highest BCUT2D eigenvalue weighted by molar-refractivity contribution is 5.64. The molecule has 0 bridgehead atoms. The van der Waals surface area contributed by atoms with Crippen molar-refractivity contribution in [3.63, 3.8) is 0 Å². The standard InChI is InChI=1S/C18H20FNO3/c1-13-6-15(11-20-10-13)14-7-16(19)9-18(8-14)22-3-2-17-12-21-4-5-23-17/h6-11,17H,2-5,12H2,1H3. The number of pyridine rings is 1. The van der Waals surface area contributed by atoms with Gasteiger partial charge in [-0.2, -0.15) is 0 Å². The van der Waals surface area contributed by atoms with E-state index in [4.69, 9.17) is 14.2 Å². The fraction of sp³-hybridized carbons (Fsp3) is 0.389. The van der Waals surface area contributed by atoms with E-state index in [9.17, 15) is 4.39 Å². The zero-order valence-electron chi connectivity index (χ0n) is 13.1. The molecule has 1 aromatic carbocycles. The lowest BCUT2D eigenvalue weighted by Crippen LogP contribution is -2.29. The number of benzene rings is 1. The summed E-state index contributed by atoms with van der Waals surface area (Å²) in [4.78, 5) is 4.15. The van der Waals surface area contributed by atoms with E-state index >= 15 is 0 Å². The lowest BCUT2D eigenvalue weighted by Gasteiger charge is -2.22. The van der Waals surface area contributed by atoms with Gasteiger partial charge in [0.05, 0.1) is 32.5 Å². The molecule has 0 aliphatic carbocycles. The van der Waals surface area contributed by atoms with Crippen molar-refractivity contribution >= 4 is 0 Å². The van der Waals surface area contributed by atoms with Crippen molar-refractivity contribution in [1.29, 1.82) is 0 Å². The minimum Gasteiger partial charge on any atom is -0.493 e. The Hall–Kier alpha value is -1.98. The van der Waals surface area contributed by atoms with E-state index in [0.29, 0.717) is 32.2 Å². The Morgan fingerprint density at radius 2 is 2.09 bits per heavy atom. The van der Waals surface area contributed by atoms with Gasteiger partial charge in [-0.1, -0.05) is 0 Å². The predicted octanol–water partition coefficient (Wildman–Crippen LogP) is 3.38. The molecular formula is C18H20FNO3. The van der Waals surface area contributed by atoms with Gasteiger partial charge >= 0.3 is 0 Å². The first-order chi connectivity index (χ1) is 11.2. The number of halogens is 1. The lowest BCUT2D eigenvalue weighted by molar-refractivity contribution is -0.0935. The van der Waals surface area contributed by atoms with E-state index in [1.165, 1.54) is 12.1 Å². The average Bonchev–Trinajstić information content (AvgIpc) is 2.55. The van der Waals surface area contributed by atoms with Gasteiger partial charge in [0.25, 0.3) is 0 Å². The summed E-state index contributed by atoms with van der Waals surface area (Å²) < 4.78 is 30.4. The molecule has 0 saturated carbocycles. The van der Waals surface area contributed by atoms with E-state index in [1.807, 2.05) is 19.1 Å². The van der Waals surface area contributed by atoms with Crippen LogP contribution in [0.15, 0.2) is 36.7 Å². The van der Waals surface area contributed by atoms with Gasteiger partial charge in [0.15, 0.2) is 0 Å². The first-order valence-corrected chi connectivity index (χ1v) is 7.75. The van der Waals surface area contributed by atoms with Crippen LogP contribution in [0.3, 0.4) is 0 Å². The van der Waals surface area contributed by atoms with Gasteiger partial charge in [0.2, 0.25) is 0 Å². The second-order valence-electron chi connectivity index (χ2n) is 5.63. The third-order valence-corrected chi connectivity index (χ3v) is 3.67. The number of hydrogen-bond donors (Lipinski definition) is 0. The smallest absolute Gasteiger partial charge is 0.127 e. The van der Waals surface area contributed by atoms with E-state index in [-0.39, 0.29) is 11.9 Å². The van der Waals surface area contributed by atoms with Gasteiger partial charge in [-0.25, -0.2) is 4.39 Å². The summed E-state index contributed by atoms with van der Waals surface area (Å²) in [6.07, 6.45) is 4.26. The number of hydrogen-bond acceptors (Lipinski definition) is 4. The molecule has 3 rings (SSSR count). The highest BCUT2D eigenvalue weighted by atomic mass is 19.1. The van der Waals surface area contributed by atoms with Gasteiger partial charge in [0.1, 0.15) is 11.6 Å². The first-order valence-electron chi connectivity index (χ1n) is 7.75. The summed E-state index contributed by atoms with van der Waals surface area (Å²) in [5, 5.41) is 0. The van der Waals surface area contributed by atoms with E-state index in [2.05, 4.69) is 4.98 Å². The Labute approximate surface area is 135 Å². The average molecular weight is 317 g/mol. The number of aryl methyl sites for hydroxylation is 1. The van der Waals surface area contributed by atoms with Crippen LogP contribution in [-0.2, 0) is 9.47 Å². The maximum absolute atomic E-state index is 13.9. The van der Waals surface area contributed by atoms with Crippen LogP contribution in [0.2, 0.25) is 0 Å². The molecule has 4 nitrogen and oxygen atoms in total. The van der Waals surface area contributed by atoms with Gasteiger partial charge in [-0.15, -0.1) is 0 Å². The van der Waals surface area contributed by atoms with Gasteiger partial charge < -0.3 is 14.2 Å². The molecule has 1 aliphatic rings. The molecule has 0 N–H and O–H groups in total. The lowest BCUT2D eigenvalue weighted by atomic mass is 10.1. The van der Waals surface area contributed by atoms with Crippen LogP contribution < -0.4 is 4.74 Å². The van der Waals surface area contributed by atoms with Crippen LogP contribution in [-0.4, -0.2) is 37.5 Å². The van der Waals surface area contributed by atoms with E-state index < -0.39 is 0 Å². The largest absolute Gasteiger partial charge is 0.493 e. The van der Waals surface area contributed by atoms with Crippen molar-refractivity contribution in [2.24, 2.45) is 0 Å². The van der Waals surface area contributed by atoms with Crippen LogP contribution in [0.25, 0.3) is 11.1 Å². The fourth-order valence-corrected chi connectivity index (χ4v) is 2.54. The molecule has 1 fully saturated rings. The van der Waals surface area contributed by atoms with Crippen molar-refractivity contribution < 1.29 is 18.6 Å². The van der Waals surface area contributed by atoms with Gasteiger partial charge in [-0.05, 0) is 36.2 Å². The summed E-state index contributed by atoms with van der Waals surface area (Å²) in [6, 6.07) is 6.68. The third kappa shape index (κ3) is 4.50. The van der Waals surface area contributed by atoms with Crippen molar-refractivity contribution in [3.05, 3.63) is 48.0 Å². The highest BCUT2D eigenvalue weighted by Gasteiger charge is 2.14. The Morgan fingerprint density at radius 3 is 2.87 bits per heavy atom. The second-order valence-corrected chi connectivity index (χ2v) is 5.63. The summed E-state index contributed by atoms with van der Waals surface area (Å²) in [5.41, 5.74) is 2.66. The Balaban J connectivity index is 1.65. The number of aromatic nitrogens is 1. The Morgan fingerprint density at radius 1 is 1.17 bits per heavy atom. The minimum absolute atomic E-state index is 0.0535. The third-order valence-electron chi connectivity index (χ3n) is 3.67. The van der Waals surface area contributed by atoms with Gasteiger partial charge in [0, 0.05) is 30.4 Å². The fourth-order valence-electron chi connectivity index (χ4n) is 2.54. The topological polar surface area (TPSA) is 40.6 Å². The minimum atomic E-state index is -0.323. The Bertz CT molecular complexity index is 656. The summed E-state index contributed by atoms with van der Waals surface area (Å²) in [5.74, 6) is 0.189. The normalized spacial score (nSPS) is 17.9. The zero-order chi connectivity index (χ0) is 16.1. The van der Waals surface area contributed by atoms with Crippen molar-refractivity contribution in [3.8, 4) is 16.9 Å². The Kier molecular flexibility index (Phi) is 5.20. The second kappa shape index (κ2) is 7.53. The molecule has 1 atom stereocenters. The molecular weight excluding hydrogens is 297 g/mol. The quantitative estimate of drug-likeness (QED) is 0.847. The molecule has 5 heteroatoms. The number of ether oxygens (including phenoxy) is 3. The van der Waals surface area contributed by atoms with Crippen LogP contribution in [0.1, 0.15) is 12.0 Å². The number of rotatable bonds is 5. The maximum Gasteiger partial charge on any atom is 0.127 e. The van der Waals surface area contributed by atoms with Crippen molar-refractivity contribution in [2.75, 3.05) is 26.4 Å². The summed E-state index contributed by atoms with van der Waals surface area (Å²) in [6.45, 7) is 4.28. The SMILES string of the molecule is Cc1cncc(-c2cc(F)cc(OCCC3COCCO3)c2)c1. The van der Waals surface area contributed by atoms with Gasteiger partial charge in [-0.3, -0.25) is 4.98 Å². The summed E-state index contributed by atoms with van der Waals surface area (Å²) >= 11 is 0.